The number of pyridine rings is 1. The van der Waals surface area contributed by atoms with Gasteiger partial charge in [-0.15, -0.1) is 11.6 Å². The van der Waals surface area contributed by atoms with E-state index in [9.17, 15) is 0 Å². The highest BCUT2D eigenvalue weighted by Gasteiger charge is 2.04. The topological polar surface area (TPSA) is 25.4 Å². The second-order valence-electron chi connectivity index (χ2n) is 3.77. The monoisotopic (exact) mass is 262 g/mol. The molecule has 3 nitrogen and oxygen atoms in total. The van der Waals surface area contributed by atoms with Crippen LogP contribution in [0.15, 0.2) is 12.3 Å². The number of halogens is 2. The van der Waals surface area contributed by atoms with Crippen molar-refractivity contribution >= 4 is 23.2 Å². The average Bonchev–Trinajstić information content (AvgIpc) is 2.25. The molecule has 16 heavy (non-hydrogen) atoms. The van der Waals surface area contributed by atoms with Crippen molar-refractivity contribution in [1.82, 2.24) is 9.88 Å². The van der Waals surface area contributed by atoms with E-state index in [1.807, 2.05) is 14.1 Å². The van der Waals surface area contributed by atoms with Gasteiger partial charge in [-0.1, -0.05) is 11.6 Å². The fourth-order valence-corrected chi connectivity index (χ4v) is 1.58. The van der Waals surface area contributed by atoms with Crippen LogP contribution in [0.3, 0.4) is 0 Å². The lowest BCUT2D eigenvalue weighted by Crippen LogP contribution is -2.15. The molecule has 1 rings (SSSR count). The molecule has 0 fully saturated rings. The van der Waals surface area contributed by atoms with Crippen molar-refractivity contribution in [2.24, 2.45) is 0 Å². The summed E-state index contributed by atoms with van der Waals surface area (Å²) in [4.78, 5) is 6.22. The molecule has 0 atom stereocenters. The zero-order chi connectivity index (χ0) is 12.0. The first-order valence-corrected chi connectivity index (χ1v) is 6.02. The van der Waals surface area contributed by atoms with Crippen molar-refractivity contribution in [2.75, 3.05) is 27.2 Å². The number of aromatic nitrogens is 1. The van der Waals surface area contributed by atoms with Crippen molar-refractivity contribution < 1.29 is 4.74 Å². The largest absolute Gasteiger partial charge is 0.477 e. The molecule has 0 spiro atoms. The zero-order valence-corrected chi connectivity index (χ0v) is 11.1. The molecular weight excluding hydrogens is 247 g/mol. The molecule has 1 aromatic rings. The molecule has 1 heterocycles. The van der Waals surface area contributed by atoms with Crippen molar-refractivity contribution in [3.05, 3.63) is 22.8 Å². The molecule has 0 unspecified atom stereocenters. The fraction of sp³-hybridized carbons (Fsp3) is 0.545. The maximum Gasteiger partial charge on any atom is 0.232 e. The van der Waals surface area contributed by atoms with Gasteiger partial charge in [-0.2, -0.15) is 0 Å². The third kappa shape index (κ3) is 4.56. The highest BCUT2D eigenvalue weighted by Crippen LogP contribution is 2.23. The Balaban J connectivity index is 2.42. The van der Waals surface area contributed by atoms with Gasteiger partial charge >= 0.3 is 0 Å². The maximum atomic E-state index is 5.99. The first kappa shape index (κ1) is 13.6. The standard InChI is InChI=1S/C11H16Cl2N2O/c1-15(2)4-3-5-16-11-10(13)6-9(7-12)8-14-11/h6,8H,3-5,7H2,1-2H3. The quantitative estimate of drug-likeness (QED) is 0.583. The normalized spacial score (nSPS) is 10.8. The van der Waals surface area contributed by atoms with Gasteiger partial charge in [-0.05, 0) is 32.1 Å². The molecule has 0 amide bonds. The van der Waals surface area contributed by atoms with Gasteiger partial charge in [-0.3, -0.25) is 0 Å². The van der Waals surface area contributed by atoms with Crippen molar-refractivity contribution in [3.63, 3.8) is 0 Å². The van der Waals surface area contributed by atoms with Crippen LogP contribution in [0, 0.1) is 0 Å². The van der Waals surface area contributed by atoms with E-state index in [1.54, 1.807) is 12.3 Å². The predicted molar refractivity (Wildman–Crippen MR) is 67.5 cm³/mol. The van der Waals surface area contributed by atoms with Gasteiger partial charge in [0.25, 0.3) is 0 Å². The molecule has 0 aliphatic carbocycles. The summed E-state index contributed by atoms with van der Waals surface area (Å²) < 4.78 is 5.47. The van der Waals surface area contributed by atoms with Gasteiger partial charge in [0.15, 0.2) is 0 Å². The zero-order valence-electron chi connectivity index (χ0n) is 9.54. The number of alkyl halides is 1. The minimum absolute atomic E-state index is 0.410. The lowest BCUT2D eigenvalue weighted by Gasteiger charge is -2.10. The Bertz CT molecular complexity index is 332. The third-order valence-corrected chi connectivity index (χ3v) is 2.59. The van der Waals surface area contributed by atoms with Gasteiger partial charge in [0, 0.05) is 18.6 Å². The van der Waals surface area contributed by atoms with Gasteiger partial charge in [0.2, 0.25) is 5.88 Å². The fourth-order valence-electron chi connectivity index (χ4n) is 1.19. The van der Waals surface area contributed by atoms with Crippen LogP contribution in [0.1, 0.15) is 12.0 Å². The summed E-state index contributed by atoms with van der Waals surface area (Å²) in [6, 6.07) is 1.78. The van der Waals surface area contributed by atoms with E-state index in [-0.39, 0.29) is 0 Å². The van der Waals surface area contributed by atoms with Crippen LogP contribution >= 0.6 is 23.2 Å². The summed E-state index contributed by atoms with van der Waals surface area (Å²) in [6.07, 6.45) is 2.63. The summed E-state index contributed by atoms with van der Waals surface area (Å²) >= 11 is 11.7. The van der Waals surface area contributed by atoms with Crippen LogP contribution < -0.4 is 4.74 Å². The summed E-state index contributed by atoms with van der Waals surface area (Å²) in [5.74, 6) is 0.891. The molecule has 0 aliphatic heterocycles. The summed E-state index contributed by atoms with van der Waals surface area (Å²) in [5.41, 5.74) is 0.896. The minimum Gasteiger partial charge on any atom is -0.477 e. The lowest BCUT2D eigenvalue weighted by molar-refractivity contribution is 0.273. The number of hydrogen-bond acceptors (Lipinski definition) is 3. The number of rotatable bonds is 6. The molecule has 90 valence electrons. The van der Waals surface area contributed by atoms with Crippen molar-refractivity contribution in [1.29, 1.82) is 0 Å². The molecule has 0 N–H and O–H groups in total. The molecule has 0 saturated heterocycles. The lowest BCUT2D eigenvalue weighted by atomic mass is 10.3. The Labute approximate surface area is 106 Å². The Morgan fingerprint density at radius 2 is 2.19 bits per heavy atom. The Morgan fingerprint density at radius 1 is 1.44 bits per heavy atom. The summed E-state index contributed by atoms with van der Waals surface area (Å²) in [7, 11) is 4.06. The van der Waals surface area contributed by atoms with Crippen LogP contribution in [-0.4, -0.2) is 37.1 Å². The summed E-state index contributed by atoms with van der Waals surface area (Å²) in [6.45, 7) is 1.60. The molecule has 0 radical (unpaired) electrons. The Morgan fingerprint density at radius 3 is 2.75 bits per heavy atom. The second-order valence-corrected chi connectivity index (χ2v) is 4.44. The highest BCUT2D eigenvalue weighted by molar-refractivity contribution is 6.32. The number of hydrogen-bond donors (Lipinski definition) is 0. The van der Waals surface area contributed by atoms with Crippen LogP contribution in [0.2, 0.25) is 5.02 Å². The minimum atomic E-state index is 0.410. The molecule has 0 aromatic carbocycles. The molecule has 1 aromatic heterocycles. The second kappa shape index (κ2) is 6.94. The molecule has 5 heteroatoms. The highest BCUT2D eigenvalue weighted by atomic mass is 35.5. The molecule has 0 bridgehead atoms. The van der Waals surface area contributed by atoms with Crippen LogP contribution in [0.5, 0.6) is 5.88 Å². The first-order valence-electron chi connectivity index (χ1n) is 5.11. The number of ether oxygens (including phenoxy) is 1. The van der Waals surface area contributed by atoms with Gasteiger partial charge in [-0.25, -0.2) is 4.98 Å². The summed E-state index contributed by atoms with van der Waals surface area (Å²) in [5, 5.41) is 0.517. The molecule has 0 aliphatic rings. The van der Waals surface area contributed by atoms with Crippen LogP contribution in [0.25, 0.3) is 0 Å². The van der Waals surface area contributed by atoms with E-state index >= 15 is 0 Å². The smallest absolute Gasteiger partial charge is 0.232 e. The molecular formula is C11H16Cl2N2O. The van der Waals surface area contributed by atoms with E-state index < -0.39 is 0 Å². The van der Waals surface area contributed by atoms with E-state index in [1.165, 1.54) is 0 Å². The van der Waals surface area contributed by atoms with Gasteiger partial charge in [0.1, 0.15) is 5.02 Å². The van der Waals surface area contributed by atoms with E-state index in [0.29, 0.717) is 23.4 Å². The number of nitrogens with zero attached hydrogens (tertiary/aromatic N) is 2. The van der Waals surface area contributed by atoms with E-state index in [4.69, 9.17) is 27.9 Å². The SMILES string of the molecule is CN(C)CCCOc1ncc(CCl)cc1Cl. The Hall–Kier alpha value is -0.510. The van der Waals surface area contributed by atoms with Crippen LogP contribution in [-0.2, 0) is 5.88 Å². The third-order valence-electron chi connectivity index (χ3n) is 2.01. The van der Waals surface area contributed by atoms with E-state index in [2.05, 4.69) is 9.88 Å². The van der Waals surface area contributed by atoms with Crippen molar-refractivity contribution in [2.45, 2.75) is 12.3 Å². The first-order chi connectivity index (χ1) is 7.63. The van der Waals surface area contributed by atoms with Gasteiger partial charge in [0.05, 0.1) is 6.61 Å². The van der Waals surface area contributed by atoms with Crippen LogP contribution in [0.4, 0.5) is 0 Å². The average molecular weight is 263 g/mol. The molecule has 0 saturated carbocycles. The van der Waals surface area contributed by atoms with E-state index in [0.717, 1.165) is 18.5 Å². The van der Waals surface area contributed by atoms with Gasteiger partial charge < -0.3 is 9.64 Å². The Kier molecular flexibility index (Phi) is 5.88. The predicted octanol–water partition coefficient (Wildman–Crippen LogP) is 2.80. The van der Waals surface area contributed by atoms with Crippen molar-refractivity contribution in [3.8, 4) is 5.88 Å². The maximum absolute atomic E-state index is 5.99.